The summed E-state index contributed by atoms with van der Waals surface area (Å²) in [6.07, 6.45) is 2.38. The molecule has 0 aromatic carbocycles. The molecule has 3 heterocycles. The van der Waals surface area contributed by atoms with Gasteiger partial charge in [0.05, 0.1) is 6.61 Å². The smallest absolute Gasteiger partial charge is 0.342 e. The van der Waals surface area contributed by atoms with Crippen molar-refractivity contribution in [1.82, 2.24) is 14.5 Å². The molecule has 1 aliphatic heterocycles. The third-order valence-electron chi connectivity index (χ3n) is 4.86. The Morgan fingerprint density at radius 3 is 2.59 bits per heavy atom. The van der Waals surface area contributed by atoms with Gasteiger partial charge in [0, 0.05) is 13.1 Å². The van der Waals surface area contributed by atoms with Gasteiger partial charge in [-0.1, -0.05) is 13.8 Å². The quantitative estimate of drug-likeness (QED) is 0.759. The number of piperidine rings is 1. The summed E-state index contributed by atoms with van der Waals surface area (Å²) < 4.78 is 11.7. The lowest BCUT2D eigenvalue weighted by molar-refractivity contribution is -0.134. The molecule has 1 amide bonds. The highest BCUT2D eigenvalue weighted by molar-refractivity contribution is 6.03. The molecule has 8 nitrogen and oxygen atoms in total. The van der Waals surface area contributed by atoms with Gasteiger partial charge in [0.25, 0.3) is 5.56 Å². The van der Waals surface area contributed by atoms with Gasteiger partial charge in [-0.2, -0.15) is 0 Å². The number of furan rings is 1. The van der Waals surface area contributed by atoms with Gasteiger partial charge in [-0.05, 0) is 32.1 Å². The molecule has 27 heavy (non-hydrogen) atoms. The minimum atomic E-state index is -0.629. The number of rotatable bonds is 4. The summed E-state index contributed by atoms with van der Waals surface area (Å²) in [5.41, 5.74) is -0.331. The molecule has 0 aliphatic carbocycles. The van der Waals surface area contributed by atoms with Crippen molar-refractivity contribution < 1.29 is 18.7 Å². The Balaban J connectivity index is 1.93. The van der Waals surface area contributed by atoms with Crippen molar-refractivity contribution in [2.75, 3.05) is 19.7 Å². The predicted molar refractivity (Wildman–Crippen MR) is 98.5 cm³/mol. The van der Waals surface area contributed by atoms with Crippen LogP contribution in [0.25, 0.3) is 11.1 Å². The van der Waals surface area contributed by atoms with Crippen molar-refractivity contribution in [3.63, 3.8) is 0 Å². The van der Waals surface area contributed by atoms with Crippen LogP contribution in [0, 0.1) is 18.8 Å². The van der Waals surface area contributed by atoms with Crippen molar-refractivity contribution in [1.29, 1.82) is 0 Å². The van der Waals surface area contributed by atoms with E-state index in [4.69, 9.17) is 9.15 Å². The molecule has 2 aromatic heterocycles. The molecule has 2 aromatic rings. The molecule has 2 atom stereocenters. The van der Waals surface area contributed by atoms with Crippen LogP contribution in [0.3, 0.4) is 0 Å². The Morgan fingerprint density at radius 2 is 1.96 bits per heavy atom. The zero-order valence-electron chi connectivity index (χ0n) is 16.2. The van der Waals surface area contributed by atoms with E-state index < -0.39 is 11.5 Å². The fourth-order valence-corrected chi connectivity index (χ4v) is 3.81. The number of hydrogen-bond donors (Lipinski definition) is 0. The standard InChI is InChI=1S/C19H25N3O5/c1-5-26-19(25)15-13(4)27-17-16(15)18(24)22(10-20-17)9-14(23)21-7-11(2)6-12(3)8-21/h10-12H,5-9H2,1-4H3/t11-,12-/m1/s1. The first-order valence-electron chi connectivity index (χ1n) is 9.25. The number of carbonyl (C=O) groups is 2. The summed E-state index contributed by atoms with van der Waals surface area (Å²) in [4.78, 5) is 43.7. The first kappa shape index (κ1) is 19.1. The van der Waals surface area contributed by atoms with E-state index in [1.165, 1.54) is 10.9 Å². The fourth-order valence-electron chi connectivity index (χ4n) is 3.81. The predicted octanol–water partition coefficient (Wildman–Crippen LogP) is 1.98. The first-order chi connectivity index (χ1) is 12.8. The van der Waals surface area contributed by atoms with Gasteiger partial charge >= 0.3 is 5.97 Å². The van der Waals surface area contributed by atoms with Gasteiger partial charge in [-0.25, -0.2) is 9.78 Å². The van der Waals surface area contributed by atoms with Gasteiger partial charge in [-0.3, -0.25) is 14.2 Å². The van der Waals surface area contributed by atoms with E-state index in [9.17, 15) is 14.4 Å². The van der Waals surface area contributed by atoms with Crippen LogP contribution in [0.15, 0.2) is 15.5 Å². The summed E-state index contributed by atoms with van der Waals surface area (Å²) in [7, 11) is 0. The summed E-state index contributed by atoms with van der Waals surface area (Å²) >= 11 is 0. The highest BCUT2D eigenvalue weighted by Gasteiger charge is 2.27. The monoisotopic (exact) mass is 375 g/mol. The van der Waals surface area contributed by atoms with E-state index >= 15 is 0 Å². The molecule has 1 saturated heterocycles. The van der Waals surface area contributed by atoms with Crippen molar-refractivity contribution in [2.24, 2.45) is 11.8 Å². The number of ether oxygens (including phenoxy) is 1. The molecule has 146 valence electrons. The number of nitrogens with zero attached hydrogens (tertiary/aromatic N) is 3. The van der Waals surface area contributed by atoms with Gasteiger partial charge in [0.15, 0.2) is 0 Å². The van der Waals surface area contributed by atoms with E-state index in [0.29, 0.717) is 24.9 Å². The van der Waals surface area contributed by atoms with Crippen LogP contribution in [0.2, 0.25) is 0 Å². The number of hydrogen-bond acceptors (Lipinski definition) is 6. The molecule has 0 unspecified atom stereocenters. The lowest BCUT2D eigenvalue weighted by Gasteiger charge is -2.35. The highest BCUT2D eigenvalue weighted by atomic mass is 16.5. The van der Waals surface area contributed by atoms with Crippen LogP contribution < -0.4 is 5.56 Å². The van der Waals surface area contributed by atoms with E-state index in [2.05, 4.69) is 18.8 Å². The van der Waals surface area contributed by atoms with E-state index in [0.717, 1.165) is 6.42 Å². The van der Waals surface area contributed by atoms with Crippen molar-refractivity contribution >= 4 is 23.0 Å². The van der Waals surface area contributed by atoms with Gasteiger partial charge < -0.3 is 14.1 Å². The number of amides is 1. The van der Waals surface area contributed by atoms with E-state index in [1.807, 2.05) is 0 Å². The fraction of sp³-hybridized carbons (Fsp3) is 0.579. The van der Waals surface area contributed by atoms with Gasteiger partial charge in [-0.15, -0.1) is 0 Å². The summed E-state index contributed by atoms with van der Waals surface area (Å²) in [5.74, 6) is 0.379. The van der Waals surface area contributed by atoms with Crippen LogP contribution in [0.4, 0.5) is 0 Å². The van der Waals surface area contributed by atoms with Crippen molar-refractivity contribution in [3.05, 3.63) is 28.0 Å². The Hall–Kier alpha value is -2.64. The number of carbonyl (C=O) groups excluding carboxylic acids is 2. The maximum atomic E-state index is 12.9. The minimum Gasteiger partial charge on any atom is -0.462 e. The molecule has 1 aliphatic rings. The topological polar surface area (TPSA) is 94.6 Å². The number of fused-ring (bicyclic) bond motifs is 1. The molecular weight excluding hydrogens is 350 g/mol. The Morgan fingerprint density at radius 1 is 1.30 bits per heavy atom. The second-order valence-electron chi connectivity index (χ2n) is 7.36. The maximum Gasteiger partial charge on any atom is 0.342 e. The number of esters is 1. The number of likely N-dealkylation sites (tertiary alicyclic amines) is 1. The second kappa shape index (κ2) is 7.54. The largest absolute Gasteiger partial charge is 0.462 e. The highest BCUT2D eigenvalue weighted by Crippen LogP contribution is 2.23. The van der Waals surface area contributed by atoms with Crippen molar-refractivity contribution in [2.45, 2.75) is 40.7 Å². The SMILES string of the molecule is CCOC(=O)c1c(C)oc2ncn(CC(=O)N3C[C@H](C)C[C@@H](C)C3)c(=O)c12. The zero-order chi connectivity index (χ0) is 19.7. The molecule has 1 fully saturated rings. The van der Waals surface area contributed by atoms with Crippen LogP contribution >= 0.6 is 0 Å². The Bertz CT molecular complexity index is 919. The molecule has 8 heteroatoms. The summed E-state index contributed by atoms with van der Waals surface area (Å²) in [6, 6.07) is 0. The van der Waals surface area contributed by atoms with E-state index in [1.54, 1.807) is 18.7 Å². The molecule has 0 radical (unpaired) electrons. The first-order valence-corrected chi connectivity index (χ1v) is 9.25. The number of aryl methyl sites for hydroxylation is 1. The Kier molecular flexibility index (Phi) is 5.34. The summed E-state index contributed by atoms with van der Waals surface area (Å²) in [6.45, 7) is 8.95. The van der Waals surface area contributed by atoms with Crippen LogP contribution in [-0.2, 0) is 16.1 Å². The van der Waals surface area contributed by atoms with Crippen LogP contribution in [-0.4, -0.2) is 46.0 Å². The molecule has 0 spiro atoms. The summed E-state index contributed by atoms with van der Waals surface area (Å²) in [5, 5.41) is 0.0571. The molecule has 3 rings (SSSR count). The normalized spacial score (nSPS) is 20.1. The van der Waals surface area contributed by atoms with Crippen molar-refractivity contribution in [3.8, 4) is 0 Å². The maximum absolute atomic E-state index is 12.9. The molecule has 0 N–H and O–H groups in total. The van der Waals surface area contributed by atoms with Gasteiger partial charge in [0.1, 0.15) is 29.6 Å². The zero-order valence-corrected chi connectivity index (χ0v) is 16.2. The number of aromatic nitrogens is 2. The molecule has 0 bridgehead atoms. The minimum absolute atomic E-state index is 0.0571. The Labute approximate surface area is 157 Å². The second-order valence-corrected chi connectivity index (χ2v) is 7.36. The molecule has 0 saturated carbocycles. The third-order valence-corrected chi connectivity index (χ3v) is 4.86. The average molecular weight is 375 g/mol. The lowest BCUT2D eigenvalue weighted by atomic mass is 9.92. The van der Waals surface area contributed by atoms with Gasteiger partial charge in [0.2, 0.25) is 11.6 Å². The molecular formula is C19H25N3O5. The van der Waals surface area contributed by atoms with Crippen LogP contribution in [0.1, 0.15) is 43.3 Å². The average Bonchev–Trinajstić information content (AvgIpc) is 2.93. The van der Waals surface area contributed by atoms with Crippen LogP contribution in [0.5, 0.6) is 0 Å². The third kappa shape index (κ3) is 3.74. The van der Waals surface area contributed by atoms with E-state index in [-0.39, 0.29) is 41.5 Å². The lowest BCUT2D eigenvalue weighted by Crippen LogP contribution is -2.44.